The molecule has 0 rings (SSSR count). The molecule has 6 nitrogen and oxygen atoms in total. The highest BCUT2D eigenvalue weighted by molar-refractivity contribution is 5.71. The second-order valence-electron chi connectivity index (χ2n) is 15.3. The summed E-state index contributed by atoms with van der Waals surface area (Å²) >= 11 is 0. The summed E-state index contributed by atoms with van der Waals surface area (Å²) < 4.78 is 16.6. The highest BCUT2D eigenvalue weighted by Crippen LogP contribution is 2.12. The second-order valence-corrected chi connectivity index (χ2v) is 15.3. The number of hydrogen-bond donors (Lipinski definition) is 0. The molecule has 0 aliphatic rings. The lowest BCUT2D eigenvalue weighted by Gasteiger charge is -2.18. The van der Waals surface area contributed by atoms with Gasteiger partial charge >= 0.3 is 17.9 Å². The molecule has 0 aliphatic carbocycles. The van der Waals surface area contributed by atoms with Crippen LogP contribution in [0.2, 0.25) is 0 Å². The van der Waals surface area contributed by atoms with Crippen molar-refractivity contribution >= 4 is 17.9 Å². The largest absolute Gasteiger partial charge is 0.462 e. The van der Waals surface area contributed by atoms with Gasteiger partial charge in [0.1, 0.15) is 13.2 Å². The van der Waals surface area contributed by atoms with Crippen molar-refractivity contribution in [1.29, 1.82) is 0 Å². The first kappa shape index (κ1) is 55.3. The molecule has 0 saturated heterocycles. The molecule has 0 amide bonds. The Kier molecular flexibility index (Phi) is 44.1. The molecule has 0 aromatic carbocycles. The van der Waals surface area contributed by atoms with Gasteiger partial charge in [0.2, 0.25) is 0 Å². The topological polar surface area (TPSA) is 78.9 Å². The SMILES string of the molecule is CC/C=C\C/C=C\C/C=C\C/C=C\C/C=C\CCCCCCCCCC(=O)OCC(COC(=O)CCCCCCC)OC(=O)CCCCC/C=C\C/C=C\C/C=C\CC. The van der Waals surface area contributed by atoms with Gasteiger partial charge in [-0.3, -0.25) is 14.4 Å². The predicted molar refractivity (Wildman–Crippen MR) is 251 cm³/mol. The first-order valence-electron chi connectivity index (χ1n) is 23.7. The lowest BCUT2D eigenvalue weighted by atomic mass is 10.1. The number of unbranched alkanes of at least 4 members (excludes halogenated alkanes) is 14. The van der Waals surface area contributed by atoms with Crippen LogP contribution in [0.4, 0.5) is 0 Å². The molecule has 0 N–H and O–H groups in total. The molecule has 0 heterocycles. The molecule has 0 bridgehead atoms. The fourth-order valence-electron chi connectivity index (χ4n) is 6.07. The van der Waals surface area contributed by atoms with Crippen LogP contribution in [0.1, 0.15) is 201 Å². The number of ether oxygens (including phenoxy) is 3. The molecule has 0 aliphatic heterocycles. The maximum absolute atomic E-state index is 12.7. The van der Waals surface area contributed by atoms with Gasteiger partial charge in [0, 0.05) is 19.3 Å². The van der Waals surface area contributed by atoms with Crippen LogP contribution >= 0.6 is 0 Å². The zero-order valence-electron chi connectivity index (χ0n) is 38.0. The van der Waals surface area contributed by atoms with Crippen molar-refractivity contribution in [3.8, 4) is 0 Å². The molecular formula is C53H86O6. The molecule has 1 unspecified atom stereocenters. The van der Waals surface area contributed by atoms with E-state index < -0.39 is 6.10 Å². The maximum atomic E-state index is 12.7. The molecule has 0 fully saturated rings. The highest BCUT2D eigenvalue weighted by Gasteiger charge is 2.19. The monoisotopic (exact) mass is 819 g/mol. The van der Waals surface area contributed by atoms with Gasteiger partial charge in [-0.1, -0.05) is 182 Å². The van der Waals surface area contributed by atoms with Crippen LogP contribution < -0.4 is 0 Å². The van der Waals surface area contributed by atoms with Crippen molar-refractivity contribution < 1.29 is 28.6 Å². The van der Waals surface area contributed by atoms with E-state index in [1.54, 1.807) is 0 Å². The summed E-state index contributed by atoms with van der Waals surface area (Å²) in [6.07, 6.45) is 61.4. The molecule has 0 aromatic rings. The van der Waals surface area contributed by atoms with E-state index in [1.807, 2.05) is 0 Å². The fraction of sp³-hybridized carbons (Fsp3) is 0.642. The summed E-state index contributed by atoms with van der Waals surface area (Å²) in [5, 5.41) is 0. The van der Waals surface area contributed by atoms with Gasteiger partial charge in [-0.2, -0.15) is 0 Å². The summed E-state index contributed by atoms with van der Waals surface area (Å²) in [5.41, 5.74) is 0. The second kappa shape index (κ2) is 47.0. The van der Waals surface area contributed by atoms with Crippen molar-refractivity contribution in [2.24, 2.45) is 0 Å². The normalized spacial score (nSPS) is 12.9. The summed E-state index contributed by atoms with van der Waals surface area (Å²) in [4.78, 5) is 37.5. The van der Waals surface area contributed by atoms with Gasteiger partial charge < -0.3 is 14.2 Å². The van der Waals surface area contributed by atoms with E-state index in [-0.39, 0.29) is 37.5 Å². The van der Waals surface area contributed by atoms with Gasteiger partial charge in [-0.25, -0.2) is 0 Å². The third-order valence-electron chi connectivity index (χ3n) is 9.58. The Bertz CT molecular complexity index is 1220. The van der Waals surface area contributed by atoms with E-state index in [0.717, 1.165) is 135 Å². The Balaban J connectivity index is 4.22. The Labute approximate surface area is 362 Å². The molecule has 334 valence electrons. The number of allylic oxidation sites excluding steroid dienone is 16. The lowest BCUT2D eigenvalue weighted by Crippen LogP contribution is -2.30. The quantitative estimate of drug-likeness (QED) is 0.0265. The van der Waals surface area contributed by atoms with Gasteiger partial charge in [0.05, 0.1) is 0 Å². The molecule has 0 spiro atoms. The molecule has 0 aromatic heterocycles. The Morgan fingerprint density at radius 2 is 0.661 bits per heavy atom. The van der Waals surface area contributed by atoms with Crippen LogP contribution in [0.5, 0.6) is 0 Å². The Hall–Kier alpha value is -3.67. The highest BCUT2D eigenvalue weighted by atomic mass is 16.6. The molecule has 59 heavy (non-hydrogen) atoms. The van der Waals surface area contributed by atoms with E-state index in [2.05, 4.69) is 118 Å². The van der Waals surface area contributed by atoms with Gasteiger partial charge in [-0.05, 0) is 96.3 Å². The Morgan fingerprint density at radius 1 is 0.356 bits per heavy atom. The summed E-state index contributed by atoms with van der Waals surface area (Å²) in [5.74, 6) is -0.959. The molecular weight excluding hydrogens is 733 g/mol. The van der Waals surface area contributed by atoms with Gasteiger partial charge in [0.15, 0.2) is 6.10 Å². The number of esters is 3. The number of carbonyl (C=O) groups is 3. The van der Waals surface area contributed by atoms with Crippen molar-refractivity contribution in [3.05, 3.63) is 97.2 Å². The average molecular weight is 819 g/mol. The first-order chi connectivity index (χ1) is 29.0. The van der Waals surface area contributed by atoms with Crippen molar-refractivity contribution in [3.63, 3.8) is 0 Å². The van der Waals surface area contributed by atoms with Gasteiger partial charge in [-0.15, -0.1) is 0 Å². The Morgan fingerprint density at radius 3 is 1.05 bits per heavy atom. The molecule has 0 saturated carbocycles. The summed E-state index contributed by atoms with van der Waals surface area (Å²) in [6, 6.07) is 0. The average Bonchev–Trinajstić information content (AvgIpc) is 3.23. The molecule has 1 atom stereocenters. The number of rotatable bonds is 41. The van der Waals surface area contributed by atoms with E-state index in [9.17, 15) is 14.4 Å². The first-order valence-corrected chi connectivity index (χ1v) is 23.7. The minimum absolute atomic E-state index is 0.0952. The molecule has 6 heteroatoms. The third-order valence-corrected chi connectivity index (χ3v) is 9.58. The number of hydrogen-bond acceptors (Lipinski definition) is 6. The van der Waals surface area contributed by atoms with Crippen LogP contribution in [0.25, 0.3) is 0 Å². The van der Waals surface area contributed by atoms with Crippen molar-refractivity contribution in [2.45, 2.75) is 207 Å². The fourth-order valence-corrected chi connectivity index (χ4v) is 6.07. The van der Waals surface area contributed by atoms with E-state index in [4.69, 9.17) is 14.2 Å². The van der Waals surface area contributed by atoms with Crippen LogP contribution in [-0.4, -0.2) is 37.2 Å². The predicted octanol–water partition coefficient (Wildman–Crippen LogP) is 15.4. The lowest BCUT2D eigenvalue weighted by molar-refractivity contribution is -0.167. The zero-order chi connectivity index (χ0) is 43.0. The maximum Gasteiger partial charge on any atom is 0.306 e. The summed E-state index contributed by atoms with van der Waals surface area (Å²) in [7, 11) is 0. The zero-order valence-corrected chi connectivity index (χ0v) is 38.0. The van der Waals surface area contributed by atoms with Crippen LogP contribution in [0.3, 0.4) is 0 Å². The van der Waals surface area contributed by atoms with Gasteiger partial charge in [0.25, 0.3) is 0 Å². The van der Waals surface area contributed by atoms with Crippen molar-refractivity contribution in [1.82, 2.24) is 0 Å². The minimum Gasteiger partial charge on any atom is -0.462 e. The summed E-state index contributed by atoms with van der Waals surface area (Å²) in [6.45, 7) is 6.26. The van der Waals surface area contributed by atoms with Crippen LogP contribution in [0.15, 0.2) is 97.2 Å². The minimum atomic E-state index is -0.793. The standard InChI is InChI=1S/C53H86O6/c1-4-7-10-13-15-17-19-21-22-23-24-25-26-27-28-29-30-32-33-35-37-40-43-46-52(55)58-49-50(48-57-51(54)45-42-39-12-9-6-3)59-53(56)47-44-41-38-36-34-31-20-18-16-14-11-8-5-2/h7-8,10-11,15-18,21-22,24-25,27-28,31,34,50H,4-6,9,12-14,19-20,23,26,29-30,32-33,35-49H2,1-3H3/b10-7-,11-8-,17-15-,18-16-,22-21-,25-24-,28-27-,34-31-. The van der Waals surface area contributed by atoms with Crippen LogP contribution in [0, 0.1) is 0 Å². The van der Waals surface area contributed by atoms with E-state index >= 15 is 0 Å². The van der Waals surface area contributed by atoms with E-state index in [1.165, 1.54) is 25.7 Å². The van der Waals surface area contributed by atoms with E-state index in [0.29, 0.717) is 12.8 Å². The van der Waals surface area contributed by atoms with Crippen LogP contribution in [-0.2, 0) is 28.6 Å². The molecule has 0 radical (unpaired) electrons. The van der Waals surface area contributed by atoms with Crippen molar-refractivity contribution in [2.75, 3.05) is 13.2 Å². The number of carbonyl (C=O) groups excluding carboxylic acids is 3. The third kappa shape index (κ3) is 45.3. The smallest absolute Gasteiger partial charge is 0.306 e.